The quantitative estimate of drug-likeness (QED) is 0.606. The number of nitrogens with one attached hydrogen (secondary N) is 1. The Morgan fingerprint density at radius 3 is 2.81 bits per heavy atom. The van der Waals surface area contributed by atoms with Crippen molar-refractivity contribution < 1.29 is 4.39 Å². The number of aryl methyl sites for hydroxylation is 1. The first-order valence-electron chi connectivity index (χ1n) is 8.04. The lowest BCUT2D eigenvalue weighted by Crippen LogP contribution is -2.45. The van der Waals surface area contributed by atoms with Crippen LogP contribution in [0.1, 0.15) is 42.9 Å². The van der Waals surface area contributed by atoms with Gasteiger partial charge in [-0.1, -0.05) is 18.6 Å². The van der Waals surface area contributed by atoms with Crippen molar-refractivity contribution in [3.8, 4) is 0 Å². The summed E-state index contributed by atoms with van der Waals surface area (Å²) in [5, 5.41) is 3.39. The molecule has 0 aliphatic carbocycles. The Bertz CT molecular complexity index is 453. The number of hydrogen-bond acceptors (Lipinski definition) is 2. The third kappa shape index (κ3) is 4.65. The second-order valence-electron chi connectivity index (χ2n) is 5.88. The van der Waals surface area contributed by atoms with Gasteiger partial charge in [0.25, 0.3) is 0 Å². The van der Waals surface area contributed by atoms with E-state index in [1.807, 2.05) is 12.1 Å². The molecule has 0 spiro atoms. The van der Waals surface area contributed by atoms with E-state index in [2.05, 4.69) is 23.7 Å². The summed E-state index contributed by atoms with van der Waals surface area (Å²) in [7, 11) is 0. The van der Waals surface area contributed by atoms with Gasteiger partial charge in [-0.2, -0.15) is 0 Å². The summed E-state index contributed by atoms with van der Waals surface area (Å²) in [5.41, 5.74) is 2.36. The fraction of sp³-hybridized carbons (Fsp3) is 0.556. The molecule has 1 aliphatic heterocycles. The average molecular weight is 290 g/mol. The van der Waals surface area contributed by atoms with Crippen LogP contribution in [0.4, 0.5) is 4.39 Å². The Labute approximate surface area is 128 Å². The lowest BCUT2D eigenvalue weighted by atomic mass is 9.94. The molecule has 2 nitrogen and oxygen atoms in total. The molecule has 2 rings (SSSR count). The molecule has 0 saturated carbocycles. The van der Waals surface area contributed by atoms with E-state index in [0.717, 1.165) is 51.0 Å². The Hall–Kier alpha value is -1.19. The minimum Gasteiger partial charge on any atom is -0.314 e. The summed E-state index contributed by atoms with van der Waals surface area (Å²) in [4.78, 5) is 2.51. The molecule has 0 aromatic heterocycles. The number of nitrogens with zero attached hydrogens (tertiary/aromatic N) is 1. The van der Waals surface area contributed by atoms with Gasteiger partial charge in [0.2, 0.25) is 0 Å². The summed E-state index contributed by atoms with van der Waals surface area (Å²) in [6, 6.07) is 5.54. The van der Waals surface area contributed by atoms with Crippen molar-refractivity contribution in [3.05, 3.63) is 47.8 Å². The third-order valence-corrected chi connectivity index (χ3v) is 4.33. The van der Waals surface area contributed by atoms with Gasteiger partial charge < -0.3 is 5.32 Å². The Balaban J connectivity index is 2.13. The van der Waals surface area contributed by atoms with Crippen LogP contribution < -0.4 is 5.32 Å². The van der Waals surface area contributed by atoms with E-state index in [0.29, 0.717) is 6.04 Å². The van der Waals surface area contributed by atoms with Gasteiger partial charge in [-0.05, 0) is 49.4 Å². The van der Waals surface area contributed by atoms with Gasteiger partial charge in [-0.25, -0.2) is 4.39 Å². The summed E-state index contributed by atoms with van der Waals surface area (Å²) in [6.07, 6.45) is 6.47. The van der Waals surface area contributed by atoms with Crippen molar-refractivity contribution in [1.29, 1.82) is 0 Å². The maximum absolute atomic E-state index is 13.7. The van der Waals surface area contributed by atoms with Crippen LogP contribution in [-0.4, -0.2) is 31.1 Å². The third-order valence-electron chi connectivity index (χ3n) is 4.33. The molecule has 1 fully saturated rings. The van der Waals surface area contributed by atoms with Crippen LogP contribution >= 0.6 is 0 Å². The second kappa shape index (κ2) is 8.30. The number of unbranched alkanes of at least 4 members (excludes halogenated alkanes) is 2. The molecule has 1 saturated heterocycles. The lowest BCUT2D eigenvalue weighted by Gasteiger charge is -2.36. The number of benzene rings is 1. The molecule has 1 aromatic carbocycles. The maximum Gasteiger partial charge on any atom is 0.123 e. The topological polar surface area (TPSA) is 15.3 Å². The highest BCUT2D eigenvalue weighted by Crippen LogP contribution is 2.30. The monoisotopic (exact) mass is 290 g/mol. The molecule has 21 heavy (non-hydrogen) atoms. The van der Waals surface area contributed by atoms with Crippen LogP contribution in [0.15, 0.2) is 30.9 Å². The largest absolute Gasteiger partial charge is 0.314 e. The first kappa shape index (κ1) is 16.2. The number of hydrogen-bond donors (Lipinski definition) is 1. The molecule has 0 unspecified atom stereocenters. The number of allylic oxidation sites excluding steroid dienone is 1. The van der Waals surface area contributed by atoms with E-state index in [-0.39, 0.29) is 5.82 Å². The Morgan fingerprint density at radius 2 is 2.10 bits per heavy atom. The molecule has 1 aromatic rings. The van der Waals surface area contributed by atoms with Crippen LogP contribution in [0.2, 0.25) is 0 Å². The lowest BCUT2D eigenvalue weighted by molar-refractivity contribution is 0.162. The average Bonchev–Trinajstić information content (AvgIpc) is 2.51. The van der Waals surface area contributed by atoms with Crippen molar-refractivity contribution >= 4 is 0 Å². The van der Waals surface area contributed by atoms with Crippen molar-refractivity contribution in [3.63, 3.8) is 0 Å². The molecule has 116 valence electrons. The molecule has 1 heterocycles. The van der Waals surface area contributed by atoms with Crippen LogP contribution in [0, 0.1) is 12.7 Å². The maximum atomic E-state index is 13.7. The van der Waals surface area contributed by atoms with Gasteiger partial charge in [0, 0.05) is 32.2 Å². The summed E-state index contributed by atoms with van der Waals surface area (Å²) in [6.45, 7) is 10.0. The predicted molar refractivity (Wildman–Crippen MR) is 87.0 cm³/mol. The predicted octanol–water partition coefficient (Wildman–Crippen LogP) is 3.83. The molecule has 0 bridgehead atoms. The Kier molecular flexibility index (Phi) is 6.40. The summed E-state index contributed by atoms with van der Waals surface area (Å²) < 4.78 is 13.7. The normalized spacial score (nSPS) is 17.6. The van der Waals surface area contributed by atoms with Gasteiger partial charge in [0.15, 0.2) is 0 Å². The zero-order valence-corrected chi connectivity index (χ0v) is 13.1. The summed E-state index contributed by atoms with van der Waals surface area (Å²) >= 11 is 0. The smallest absolute Gasteiger partial charge is 0.123 e. The molecular weight excluding hydrogens is 263 g/mol. The van der Waals surface area contributed by atoms with Gasteiger partial charge in [0.05, 0.1) is 0 Å². The van der Waals surface area contributed by atoms with Crippen LogP contribution in [0.25, 0.3) is 0 Å². The van der Waals surface area contributed by atoms with Gasteiger partial charge in [-0.3, -0.25) is 4.90 Å². The number of halogens is 1. The summed E-state index contributed by atoms with van der Waals surface area (Å²) in [5.74, 6) is -0.123. The Morgan fingerprint density at radius 1 is 1.33 bits per heavy atom. The molecule has 1 atom stereocenters. The SMILES string of the molecule is C=CCCCC[C@H](c1cc(F)ccc1C)N1CCNCC1. The molecular formula is C18H27FN2. The zero-order valence-electron chi connectivity index (χ0n) is 13.1. The molecule has 1 N–H and O–H groups in total. The van der Waals surface area contributed by atoms with E-state index < -0.39 is 0 Å². The fourth-order valence-electron chi connectivity index (χ4n) is 3.13. The van der Waals surface area contributed by atoms with E-state index >= 15 is 0 Å². The van der Waals surface area contributed by atoms with Crippen LogP contribution in [-0.2, 0) is 0 Å². The fourth-order valence-corrected chi connectivity index (χ4v) is 3.13. The van der Waals surface area contributed by atoms with Gasteiger partial charge in [-0.15, -0.1) is 6.58 Å². The first-order chi connectivity index (χ1) is 10.2. The highest BCUT2D eigenvalue weighted by atomic mass is 19.1. The first-order valence-corrected chi connectivity index (χ1v) is 8.04. The van der Waals surface area contributed by atoms with Crippen molar-refractivity contribution in [2.45, 2.75) is 38.6 Å². The molecule has 3 heteroatoms. The minimum absolute atomic E-state index is 0.123. The molecule has 0 amide bonds. The highest BCUT2D eigenvalue weighted by Gasteiger charge is 2.23. The van der Waals surface area contributed by atoms with E-state index in [4.69, 9.17) is 0 Å². The van der Waals surface area contributed by atoms with E-state index in [1.54, 1.807) is 12.1 Å². The van der Waals surface area contributed by atoms with E-state index in [1.165, 1.54) is 12.0 Å². The van der Waals surface area contributed by atoms with Crippen LogP contribution in [0.3, 0.4) is 0 Å². The van der Waals surface area contributed by atoms with Gasteiger partial charge >= 0.3 is 0 Å². The zero-order chi connectivity index (χ0) is 15.1. The van der Waals surface area contributed by atoms with Crippen LogP contribution in [0.5, 0.6) is 0 Å². The van der Waals surface area contributed by atoms with Crippen molar-refractivity contribution in [2.75, 3.05) is 26.2 Å². The standard InChI is InChI=1S/C18H27FN2/c1-3-4-5-6-7-18(21-12-10-20-11-13-21)17-14-16(19)9-8-15(17)2/h3,8-9,14,18,20H,1,4-7,10-13H2,2H3/t18-/m1/s1. The van der Waals surface area contributed by atoms with E-state index in [9.17, 15) is 4.39 Å². The highest BCUT2D eigenvalue weighted by molar-refractivity contribution is 5.29. The number of rotatable bonds is 7. The number of piperazine rings is 1. The van der Waals surface area contributed by atoms with Crippen molar-refractivity contribution in [1.82, 2.24) is 10.2 Å². The van der Waals surface area contributed by atoms with Crippen molar-refractivity contribution in [2.24, 2.45) is 0 Å². The molecule has 0 radical (unpaired) electrons. The second-order valence-corrected chi connectivity index (χ2v) is 5.88. The van der Waals surface area contributed by atoms with Gasteiger partial charge in [0.1, 0.15) is 5.82 Å². The minimum atomic E-state index is -0.123. The molecule has 1 aliphatic rings.